The first-order valence-corrected chi connectivity index (χ1v) is 8.77. The molecule has 0 radical (unpaired) electrons. The van der Waals surface area contributed by atoms with Gasteiger partial charge in [-0.05, 0) is 24.5 Å². The molecule has 2 aliphatic heterocycles. The molecule has 1 fully saturated rings. The summed E-state index contributed by atoms with van der Waals surface area (Å²) in [5, 5.41) is 5.71. The van der Waals surface area contributed by atoms with Crippen LogP contribution in [0.5, 0.6) is 11.5 Å². The Kier molecular flexibility index (Phi) is 5.31. The molecule has 1 saturated heterocycles. The monoisotopic (exact) mass is 347 g/mol. The molecule has 1 aromatic carbocycles. The van der Waals surface area contributed by atoms with Gasteiger partial charge < -0.3 is 25.0 Å². The summed E-state index contributed by atoms with van der Waals surface area (Å²) >= 11 is 0. The maximum absolute atomic E-state index is 12.3. The minimum absolute atomic E-state index is 0.0100. The predicted molar refractivity (Wildman–Crippen MR) is 94.2 cm³/mol. The lowest BCUT2D eigenvalue weighted by Crippen LogP contribution is -2.43. The molecule has 0 aromatic heterocycles. The van der Waals surface area contributed by atoms with Crippen molar-refractivity contribution < 1.29 is 19.1 Å². The van der Waals surface area contributed by atoms with Crippen LogP contribution in [0.4, 0.5) is 10.5 Å². The van der Waals surface area contributed by atoms with Gasteiger partial charge in [-0.25, -0.2) is 4.79 Å². The van der Waals surface area contributed by atoms with Crippen LogP contribution in [0.1, 0.15) is 26.7 Å². The topological polar surface area (TPSA) is 79.9 Å². The molecule has 25 heavy (non-hydrogen) atoms. The molecular weight excluding hydrogens is 322 g/mol. The molecule has 2 heterocycles. The first-order chi connectivity index (χ1) is 12.0. The molecular formula is C18H25N3O4. The summed E-state index contributed by atoms with van der Waals surface area (Å²) in [7, 11) is 0. The SMILES string of the molecule is CC(C)CCNC(=O)N[C@@H]1CC(=O)N(c2ccc3c(c2)OCCO3)C1. The number of fused-ring (bicyclic) bond motifs is 1. The van der Waals surface area contributed by atoms with Crippen molar-refractivity contribution >= 4 is 17.6 Å². The van der Waals surface area contributed by atoms with Gasteiger partial charge >= 0.3 is 6.03 Å². The predicted octanol–water partition coefficient (Wildman–Crippen LogP) is 1.91. The second-order valence-electron chi connectivity index (χ2n) is 6.82. The number of nitrogens with one attached hydrogen (secondary N) is 2. The summed E-state index contributed by atoms with van der Waals surface area (Å²) < 4.78 is 11.1. The van der Waals surface area contributed by atoms with E-state index < -0.39 is 0 Å². The third kappa shape index (κ3) is 4.35. The van der Waals surface area contributed by atoms with Crippen LogP contribution < -0.4 is 25.0 Å². The van der Waals surface area contributed by atoms with E-state index in [4.69, 9.17) is 9.47 Å². The van der Waals surface area contributed by atoms with E-state index in [9.17, 15) is 9.59 Å². The van der Waals surface area contributed by atoms with Gasteiger partial charge in [0.25, 0.3) is 0 Å². The van der Waals surface area contributed by atoms with Crippen molar-refractivity contribution in [2.75, 3.05) is 31.2 Å². The minimum atomic E-state index is -0.220. The van der Waals surface area contributed by atoms with E-state index in [0.717, 1.165) is 12.1 Å². The van der Waals surface area contributed by atoms with E-state index in [1.165, 1.54) is 0 Å². The average Bonchev–Trinajstić information content (AvgIpc) is 2.94. The molecule has 0 bridgehead atoms. The second-order valence-corrected chi connectivity index (χ2v) is 6.82. The van der Waals surface area contributed by atoms with Crippen LogP contribution >= 0.6 is 0 Å². The fourth-order valence-corrected chi connectivity index (χ4v) is 2.96. The maximum Gasteiger partial charge on any atom is 0.315 e. The van der Waals surface area contributed by atoms with Crippen molar-refractivity contribution in [3.8, 4) is 11.5 Å². The highest BCUT2D eigenvalue weighted by Crippen LogP contribution is 2.35. The number of carbonyl (C=O) groups is 2. The Morgan fingerprint density at radius 3 is 2.80 bits per heavy atom. The van der Waals surface area contributed by atoms with Gasteiger partial charge in [-0.3, -0.25) is 4.79 Å². The van der Waals surface area contributed by atoms with Crippen LogP contribution in [-0.2, 0) is 4.79 Å². The van der Waals surface area contributed by atoms with Gasteiger partial charge in [0.05, 0.1) is 6.04 Å². The second kappa shape index (κ2) is 7.63. The highest BCUT2D eigenvalue weighted by molar-refractivity contribution is 5.97. The summed E-state index contributed by atoms with van der Waals surface area (Å²) in [4.78, 5) is 25.9. The number of benzene rings is 1. The molecule has 7 nitrogen and oxygen atoms in total. The van der Waals surface area contributed by atoms with Gasteiger partial charge in [0, 0.05) is 31.3 Å². The fourth-order valence-electron chi connectivity index (χ4n) is 2.96. The summed E-state index contributed by atoms with van der Waals surface area (Å²) in [6.07, 6.45) is 1.23. The van der Waals surface area contributed by atoms with Crippen molar-refractivity contribution in [2.24, 2.45) is 5.92 Å². The standard InChI is InChI=1S/C18H25N3O4/c1-12(2)5-6-19-18(23)20-13-9-17(22)21(11-13)14-3-4-15-16(10-14)25-8-7-24-15/h3-4,10,12-13H,5-9,11H2,1-2H3,(H2,19,20,23)/t13-/m1/s1. The highest BCUT2D eigenvalue weighted by atomic mass is 16.6. The number of anilines is 1. The Morgan fingerprint density at radius 2 is 2.04 bits per heavy atom. The largest absolute Gasteiger partial charge is 0.486 e. The van der Waals surface area contributed by atoms with E-state index in [-0.39, 0.29) is 18.0 Å². The number of urea groups is 1. The molecule has 136 valence electrons. The van der Waals surface area contributed by atoms with E-state index in [2.05, 4.69) is 24.5 Å². The number of rotatable bonds is 5. The lowest BCUT2D eigenvalue weighted by atomic mass is 10.1. The molecule has 7 heteroatoms. The third-order valence-electron chi connectivity index (χ3n) is 4.30. The zero-order valence-electron chi connectivity index (χ0n) is 14.7. The van der Waals surface area contributed by atoms with Gasteiger partial charge in [0.15, 0.2) is 11.5 Å². The van der Waals surface area contributed by atoms with Crippen LogP contribution in [0, 0.1) is 5.92 Å². The number of nitrogens with zero attached hydrogens (tertiary/aromatic N) is 1. The summed E-state index contributed by atoms with van der Waals surface area (Å²) in [5.41, 5.74) is 0.763. The lowest BCUT2D eigenvalue weighted by molar-refractivity contribution is -0.117. The Labute approximate surface area is 147 Å². The quantitative estimate of drug-likeness (QED) is 0.853. The van der Waals surface area contributed by atoms with Crippen molar-refractivity contribution in [3.05, 3.63) is 18.2 Å². The van der Waals surface area contributed by atoms with Crippen LogP contribution in [0.25, 0.3) is 0 Å². The van der Waals surface area contributed by atoms with Gasteiger partial charge in [-0.15, -0.1) is 0 Å². The Balaban J connectivity index is 1.56. The van der Waals surface area contributed by atoms with Crippen LogP contribution in [0.2, 0.25) is 0 Å². The minimum Gasteiger partial charge on any atom is -0.486 e. The molecule has 0 aliphatic carbocycles. The molecule has 0 spiro atoms. The molecule has 3 amide bonds. The highest BCUT2D eigenvalue weighted by Gasteiger charge is 2.32. The van der Waals surface area contributed by atoms with E-state index in [1.54, 1.807) is 4.90 Å². The number of hydrogen-bond donors (Lipinski definition) is 2. The van der Waals surface area contributed by atoms with Crippen molar-refractivity contribution in [1.82, 2.24) is 10.6 Å². The molecule has 1 aromatic rings. The van der Waals surface area contributed by atoms with Gasteiger partial charge in [0.1, 0.15) is 13.2 Å². The summed E-state index contributed by atoms with van der Waals surface area (Å²) in [5.74, 6) is 1.88. The maximum atomic E-state index is 12.3. The Bertz CT molecular complexity index is 647. The van der Waals surface area contributed by atoms with Gasteiger partial charge in [-0.1, -0.05) is 13.8 Å². The molecule has 1 atom stereocenters. The van der Waals surface area contributed by atoms with Gasteiger partial charge in [-0.2, -0.15) is 0 Å². The molecule has 3 rings (SSSR count). The number of ether oxygens (including phenoxy) is 2. The van der Waals surface area contributed by atoms with Crippen LogP contribution in [0.3, 0.4) is 0 Å². The summed E-state index contributed by atoms with van der Waals surface area (Å²) in [6, 6.07) is 5.06. The number of hydrogen-bond acceptors (Lipinski definition) is 4. The van der Waals surface area contributed by atoms with Crippen LogP contribution in [0.15, 0.2) is 18.2 Å². The molecule has 2 aliphatic rings. The zero-order valence-corrected chi connectivity index (χ0v) is 14.7. The normalized spacial score (nSPS) is 19.2. The zero-order chi connectivity index (χ0) is 17.8. The van der Waals surface area contributed by atoms with Crippen LogP contribution in [-0.4, -0.2) is 44.3 Å². The summed E-state index contributed by atoms with van der Waals surface area (Å²) in [6.45, 7) is 6.35. The van der Waals surface area contributed by atoms with Gasteiger partial charge in [0.2, 0.25) is 5.91 Å². The fraction of sp³-hybridized carbons (Fsp3) is 0.556. The van der Waals surface area contributed by atoms with Crippen molar-refractivity contribution in [1.29, 1.82) is 0 Å². The van der Waals surface area contributed by atoms with E-state index in [1.807, 2.05) is 18.2 Å². The van der Waals surface area contributed by atoms with E-state index >= 15 is 0 Å². The lowest BCUT2D eigenvalue weighted by Gasteiger charge is -2.22. The molecule has 0 saturated carbocycles. The first kappa shape index (κ1) is 17.4. The molecule has 2 N–H and O–H groups in total. The third-order valence-corrected chi connectivity index (χ3v) is 4.30. The average molecular weight is 347 g/mol. The Morgan fingerprint density at radius 1 is 1.28 bits per heavy atom. The van der Waals surface area contributed by atoms with Crippen molar-refractivity contribution in [3.63, 3.8) is 0 Å². The van der Waals surface area contributed by atoms with Crippen molar-refractivity contribution in [2.45, 2.75) is 32.7 Å². The Hall–Kier alpha value is -2.44. The smallest absolute Gasteiger partial charge is 0.315 e. The number of carbonyl (C=O) groups excluding carboxylic acids is 2. The first-order valence-electron chi connectivity index (χ1n) is 8.77. The van der Waals surface area contributed by atoms with E-state index in [0.29, 0.717) is 50.1 Å². The molecule has 0 unspecified atom stereocenters. The number of amides is 3.